The summed E-state index contributed by atoms with van der Waals surface area (Å²) in [6.45, 7) is 1.50. The Labute approximate surface area is 245 Å². The summed E-state index contributed by atoms with van der Waals surface area (Å²) in [5.74, 6) is 0.348. The van der Waals surface area contributed by atoms with Gasteiger partial charge in [0.05, 0.1) is 19.2 Å². The lowest BCUT2D eigenvalue weighted by atomic mass is 9.97. The Morgan fingerprint density at radius 3 is 2.67 bits per heavy atom. The SMILES string of the molecule is COc1cc(C(=O)Nc2cc(C(F)(F)F)ccn2)ccc1-c1nc([C@@H]2CCCN(C(=O)CN(C)C)C2)n2ccnc(N)c12. The number of aromatic nitrogens is 4. The molecule has 0 saturated carbocycles. The molecule has 14 heteroatoms. The second-order valence-electron chi connectivity index (χ2n) is 10.6. The number of nitrogens with two attached hydrogens (primary N) is 1. The third-order valence-electron chi connectivity index (χ3n) is 7.25. The number of likely N-dealkylation sites (N-methyl/N-ethyl adjacent to an activating group) is 1. The molecule has 0 spiro atoms. The van der Waals surface area contributed by atoms with E-state index < -0.39 is 17.6 Å². The minimum atomic E-state index is -4.58. The average molecular weight is 597 g/mol. The number of nitrogen functional groups attached to an aromatic ring is 1. The summed E-state index contributed by atoms with van der Waals surface area (Å²) in [5.41, 5.74) is 7.12. The number of pyridine rings is 1. The number of carbonyl (C=O) groups excluding carboxylic acids is 2. The molecule has 0 aliphatic carbocycles. The molecule has 1 aromatic carbocycles. The maximum Gasteiger partial charge on any atom is 0.416 e. The van der Waals surface area contributed by atoms with Crippen molar-refractivity contribution < 1.29 is 27.5 Å². The fraction of sp³-hybridized carbons (Fsp3) is 0.345. The van der Waals surface area contributed by atoms with E-state index in [4.69, 9.17) is 15.5 Å². The number of methoxy groups -OCH3 is 1. The Morgan fingerprint density at radius 1 is 1.16 bits per heavy atom. The fourth-order valence-electron chi connectivity index (χ4n) is 5.24. The van der Waals surface area contributed by atoms with E-state index in [1.54, 1.807) is 18.5 Å². The fourth-order valence-corrected chi connectivity index (χ4v) is 5.24. The molecular weight excluding hydrogens is 565 g/mol. The molecule has 2 amide bonds. The lowest BCUT2D eigenvalue weighted by Gasteiger charge is -2.33. The van der Waals surface area contributed by atoms with Crippen molar-refractivity contribution in [3.8, 4) is 17.0 Å². The maximum atomic E-state index is 13.1. The first kappa shape index (κ1) is 29.8. The Balaban J connectivity index is 1.48. The van der Waals surface area contributed by atoms with Gasteiger partial charge in [-0.2, -0.15) is 13.2 Å². The van der Waals surface area contributed by atoms with Gasteiger partial charge in [-0.3, -0.25) is 14.0 Å². The highest BCUT2D eigenvalue weighted by atomic mass is 19.4. The first-order valence-corrected chi connectivity index (χ1v) is 13.5. The number of hydrogen-bond acceptors (Lipinski definition) is 8. The van der Waals surface area contributed by atoms with Gasteiger partial charge in [-0.25, -0.2) is 15.0 Å². The summed E-state index contributed by atoms with van der Waals surface area (Å²) in [4.78, 5) is 42.5. The lowest BCUT2D eigenvalue weighted by Crippen LogP contribution is -2.43. The summed E-state index contributed by atoms with van der Waals surface area (Å²) in [5, 5.41) is 2.40. The zero-order valence-electron chi connectivity index (χ0n) is 23.9. The van der Waals surface area contributed by atoms with Gasteiger partial charge in [-0.1, -0.05) is 0 Å². The van der Waals surface area contributed by atoms with E-state index in [-0.39, 0.29) is 29.0 Å². The summed E-state index contributed by atoms with van der Waals surface area (Å²) in [6, 6.07) is 6.21. The first-order valence-electron chi connectivity index (χ1n) is 13.5. The van der Waals surface area contributed by atoms with Crippen molar-refractivity contribution in [2.45, 2.75) is 24.9 Å². The number of hydrogen-bond donors (Lipinski definition) is 2. The number of fused-ring (bicyclic) bond motifs is 1. The number of benzene rings is 1. The lowest BCUT2D eigenvalue weighted by molar-refractivity contribution is -0.137. The summed E-state index contributed by atoms with van der Waals surface area (Å²) in [7, 11) is 5.15. The van der Waals surface area contributed by atoms with Gasteiger partial charge in [-0.15, -0.1) is 0 Å². The van der Waals surface area contributed by atoms with Crippen LogP contribution in [0.25, 0.3) is 16.8 Å². The Hall–Kier alpha value is -4.72. The van der Waals surface area contributed by atoms with Crippen molar-refractivity contribution >= 4 is 29.0 Å². The van der Waals surface area contributed by atoms with Gasteiger partial charge in [0.25, 0.3) is 5.91 Å². The molecule has 5 rings (SSSR count). The predicted molar refractivity (Wildman–Crippen MR) is 154 cm³/mol. The highest BCUT2D eigenvalue weighted by Gasteiger charge is 2.32. The van der Waals surface area contributed by atoms with Gasteiger partial charge in [0.2, 0.25) is 5.91 Å². The number of piperidine rings is 1. The second-order valence-corrected chi connectivity index (χ2v) is 10.6. The van der Waals surface area contributed by atoms with Gasteiger partial charge in [0, 0.05) is 48.7 Å². The summed E-state index contributed by atoms with van der Waals surface area (Å²) < 4.78 is 46.8. The quantitative estimate of drug-likeness (QED) is 0.328. The number of alkyl halides is 3. The van der Waals surface area contributed by atoms with Gasteiger partial charge in [0.1, 0.15) is 34.4 Å². The van der Waals surface area contributed by atoms with Gasteiger partial charge >= 0.3 is 6.18 Å². The number of imidazole rings is 1. The molecule has 3 aromatic heterocycles. The number of nitrogens with zero attached hydrogens (tertiary/aromatic N) is 6. The van der Waals surface area contributed by atoms with Crippen molar-refractivity contribution in [3.05, 3.63) is 65.9 Å². The average Bonchev–Trinajstić information content (AvgIpc) is 3.37. The number of likely N-dealkylation sites (tertiary alicyclic amines) is 1. The van der Waals surface area contributed by atoms with Gasteiger partial charge < -0.3 is 25.6 Å². The molecule has 11 nitrogen and oxygen atoms in total. The molecule has 4 aromatic rings. The van der Waals surface area contributed by atoms with E-state index in [2.05, 4.69) is 15.3 Å². The summed E-state index contributed by atoms with van der Waals surface area (Å²) in [6.07, 6.45) is 1.41. The highest BCUT2D eigenvalue weighted by Crippen LogP contribution is 2.38. The van der Waals surface area contributed by atoms with Gasteiger partial charge in [-0.05, 0) is 57.3 Å². The van der Waals surface area contributed by atoms with E-state index >= 15 is 0 Å². The van der Waals surface area contributed by atoms with Gasteiger partial charge in [0.15, 0.2) is 0 Å². The van der Waals surface area contributed by atoms with Crippen LogP contribution in [-0.2, 0) is 11.0 Å². The van der Waals surface area contributed by atoms with Crippen LogP contribution in [0.3, 0.4) is 0 Å². The van der Waals surface area contributed by atoms with Crippen LogP contribution >= 0.6 is 0 Å². The zero-order chi connectivity index (χ0) is 30.9. The molecule has 0 unspecified atom stereocenters. The molecule has 0 bridgehead atoms. The maximum absolute atomic E-state index is 13.1. The molecule has 1 saturated heterocycles. The number of anilines is 2. The third-order valence-corrected chi connectivity index (χ3v) is 7.25. The largest absolute Gasteiger partial charge is 0.496 e. The number of ether oxygens (including phenoxy) is 1. The van der Waals surface area contributed by atoms with Crippen LogP contribution < -0.4 is 15.8 Å². The molecule has 226 valence electrons. The van der Waals surface area contributed by atoms with Crippen LogP contribution in [0, 0.1) is 0 Å². The molecule has 1 atom stereocenters. The van der Waals surface area contributed by atoms with E-state index in [0.717, 1.165) is 37.0 Å². The van der Waals surface area contributed by atoms with Crippen LogP contribution in [0.1, 0.15) is 40.5 Å². The monoisotopic (exact) mass is 596 g/mol. The minimum Gasteiger partial charge on any atom is -0.496 e. The molecular formula is C29H31F3N8O3. The van der Waals surface area contributed by atoms with Crippen LogP contribution in [0.4, 0.5) is 24.8 Å². The molecule has 3 N–H and O–H groups in total. The number of halogens is 3. The molecule has 1 aliphatic heterocycles. The molecule has 1 aliphatic rings. The van der Waals surface area contributed by atoms with Crippen molar-refractivity contribution in [2.24, 2.45) is 0 Å². The van der Waals surface area contributed by atoms with E-state index in [1.807, 2.05) is 28.3 Å². The van der Waals surface area contributed by atoms with Crippen molar-refractivity contribution in [2.75, 3.05) is 51.9 Å². The first-order chi connectivity index (χ1) is 20.5. The zero-order valence-corrected chi connectivity index (χ0v) is 23.9. The van der Waals surface area contributed by atoms with Crippen LogP contribution in [0.15, 0.2) is 48.9 Å². The van der Waals surface area contributed by atoms with Crippen molar-refractivity contribution in [1.82, 2.24) is 29.2 Å². The van der Waals surface area contributed by atoms with Crippen molar-refractivity contribution in [1.29, 1.82) is 0 Å². The number of amides is 2. The third kappa shape index (κ3) is 6.23. The molecule has 43 heavy (non-hydrogen) atoms. The predicted octanol–water partition coefficient (Wildman–Crippen LogP) is 3.92. The topological polar surface area (TPSA) is 131 Å². The van der Waals surface area contributed by atoms with E-state index in [1.165, 1.54) is 19.2 Å². The van der Waals surface area contributed by atoms with Crippen molar-refractivity contribution in [3.63, 3.8) is 0 Å². The molecule has 4 heterocycles. The number of nitrogens with one attached hydrogen (secondary N) is 1. The van der Waals surface area contributed by atoms with E-state index in [0.29, 0.717) is 42.2 Å². The highest BCUT2D eigenvalue weighted by molar-refractivity contribution is 6.04. The molecule has 0 radical (unpaired) electrons. The summed E-state index contributed by atoms with van der Waals surface area (Å²) >= 11 is 0. The normalized spacial score (nSPS) is 15.6. The van der Waals surface area contributed by atoms with Crippen LogP contribution in [0.2, 0.25) is 0 Å². The second kappa shape index (κ2) is 11.9. The van der Waals surface area contributed by atoms with Crippen LogP contribution in [-0.4, -0.2) is 81.8 Å². The molecule has 1 fully saturated rings. The smallest absolute Gasteiger partial charge is 0.416 e. The number of carbonyl (C=O) groups is 2. The Bertz CT molecular complexity index is 1670. The standard InChI is InChI=1S/C29H31F3N8O3/c1-38(2)16-23(41)39-11-4-5-18(15-39)27-37-24(25-26(33)35-10-12-40(25)27)20-7-6-17(13-21(20)43-3)28(42)36-22-14-19(8-9-34-22)29(30,31)32/h6-10,12-14,18H,4-5,11,15-16H2,1-3H3,(H2,33,35)(H,34,36,42)/t18-/m1/s1. The van der Waals surface area contributed by atoms with E-state index in [9.17, 15) is 22.8 Å². The Kier molecular flexibility index (Phi) is 8.22. The number of rotatable bonds is 7. The minimum absolute atomic E-state index is 0.0489. The van der Waals surface area contributed by atoms with Crippen LogP contribution in [0.5, 0.6) is 5.75 Å². The Morgan fingerprint density at radius 2 is 1.95 bits per heavy atom.